The van der Waals surface area contributed by atoms with Gasteiger partial charge in [-0.05, 0) is 11.6 Å². The number of alkyl halides is 3. The number of nitrogen functional groups attached to an aromatic ring is 1. The molecule has 0 aliphatic carbocycles. The predicted octanol–water partition coefficient (Wildman–Crippen LogP) is 4.26. The Balaban J connectivity index is 2.31. The highest BCUT2D eigenvalue weighted by molar-refractivity contribution is 6.35. The van der Waals surface area contributed by atoms with Crippen molar-refractivity contribution in [3.63, 3.8) is 0 Å². The largest absolute Gasteiger partial charge is 0.435 e. The van der Waals surface area contributed by atoms with Gasteiger partial charge in [0, 0.05) is 6.20 Å². The van der Waals surface area contributed by atoms with E-state index in [9.17, 15) is 18.0 Å². The summed E-state index contributed by atoms with van der Waals surface area (Å²) in [7, 11) is 0. The molecule has 0 saturated carbocycles. The van der Waals surface area contributed by atoms with E-state index in [1.807, 2.05) is 0 Å². The highest BCUT2D eigenvalue weighted by atomic mass is 35.5. The van der Waals surface area contributed by atoms with E-state index >= 15 is 0 Å². The van der Waals surface area contributed by atoms with Crippen LogP contribution in [0.25, 0.3) is 11.5 Å². The molecule has 0 bridgehead atoms. The molecule has 2 N–H and O–H groups in total. The van der Waals surface area contributed by atoms with Crippen molar-refractivity contribution in [2.75, 3.05) is 5.73 Å². The molecule has 5 nitrogen and oxygen atoms in total. The van der Waals surface area contributed by atoms with Crippen LogP contribution in [0, 0.1) is 0 Å². The molecular weight excluding hydrogens is 404 g/mol. The second kappa shape index (κ2) is 7.21. The van der Waals surface area contributed by atoms with Gasteiger partial charge < -0.3 is 5.73 Å². The molecule has 140 valence electrons. The number of nitrogens with zero attached hydrogens (tertiary/aromatic N) is 3. The lowest BCUT2D eigenvalue weighted by molar-refractivity contribution is -0.140. The van der Waals surface area contributed by atoms with Gasteiger partial charge in [-0.2, -0.15) is 13.2 Å². The maximum atomic E-state index is 13.3. The molecule has 3 aromatic rings. The second-order valence-corrected chi connectivity index (χ2v) is 6.40. The topological polar surface area (TPSA) is 73.8 Å². The smallest absolute Gasteiger partial charge is 0.392 e. The zero-order valence-electron chi connectivity index (χ0n) is 13.5. The number of anilines is 1. The van der Waals surface area contributed by atoms with Gasteiger partial charge in [-0.15, -0.1) is 0 Å². The third-order valence-electron chi connectivity index (χ3n) is 3.68. The van der Waals surface area contributed by atoms with Crippen molar-refractivity contribution in [1.29, 1.82) is 0 Å². The fraction of sp³-hybridized carbons (Fsp3) is 0.118. The molecule has 0 fully saturated rings. The molecule has 0 aliphatic rings. The first-order valence-corrected chi connectivity index (χ1v) is 8.27. The Morgan fingerprint density at radius 1 is 1.15 bits per heavy atom. The van der Waals surface area contributed by atoms with Gasteiger partial charge in [-0.3, -0.25) is 9.36 Å². The van der Waals surface area contributed by atoms with Gasteiger partial charge in [0.15, 0.2) is 11.5 Å². The van der Waals surface area contributed by atoms with E-state index in [1.165, 1.54) is 12.3 Å². The van der Waals surface area contributed by atoms with E-state index in [1.54, 1.807) is 30.3 Å². The summed E-state index contributed by atoms with van der Waals surface area (Å²) in [6, 6.07) is 9.95. The number of hydrogen-bond acceptors (Lipinski definition) is 4. The van der Waals surface area contributed by atoms with Gasteiger partial charge in [0.1, 0.15) is 11.4 Å². The van der Waals surface area contributed by atoms with Crippen LogP contribution in [0.1, 0.15) is 11.3 Å². The molecule has 27 heavy (non-hydrogen) atoms. The second-order valence-electron chi connectivity index (χ2n) is 5.56. The molecule has 10 heteroatoms. The summed E-state index contributed by atoms with van der Waals surface area (Å²) in [4.78, 5) is 20.1. The third kappa shape index (κ3) is 3.91. The molecule has 3 rings (SSSR count). The quantitative estimate of drug-likeness (QED) is 0.694. The van der Waals surface area contributed by atoms with Crippen LogP contribution >= 0.6 is 23.2 Å². The minimum Gasteiger partial charge on any atom is -0.392 e. The third-order valence-corrected chi connectivity index (χ3v) is 4.17. The first-order chi connectivity index (χ1) is 12.7. The van der Waals surface area contributed by atoms with E-state index in [-0.39, 0.29) is 28.1 Å². The van der Waals surface area contributed by atoms with Crippen molar-refractivity contribution in [3.05, 3.63) is 74.3 Å². The Bertz CT molecular complexity index is 1050. The maximum absolute atomic E-state index is 13.3. The van der Waals surface area contributed by atoms with Crippen molar-refractivity contribution in [3.8, 4) is 11.5 Å². The first-order valence-electron chi connectivity index (χ1n) is 7.51. The van der Waals surface area contributed by atoms with Crippen LogP contribution in [-0.2, 0) is 12.7 Å². The van der Waals surface area contributed by atoms with Crippen LogP contribution in [-0.4, -0.2) is 14.5 Å². The molecule has 0 unspecified atom stereocenters. The first kappa shape index (κ1) is 19.2. The molecule has 1 aromatic carbocycles. The minimum atomic E-state index is -4.91. The van der Waals surface area contributed by atoms with Crippen molar-refractivity contribution in [1.82, 2.24) is 14.5 Å². The van der Waals surface area contributed by atoms with Gasteiger partial charge in [0.25, 0.3) is 5.56 Å². The van der Waals surface area contributed by atoms with Crippen LogP contribution in [0.4, 0.5) is 18.9 Å². The molecule has 0 atom stereocenters. The molecule has 0 amide bonds. The average Bonchev–Trinajstić information content (AvgIpc) is 2.60. The van der Waals surface area contributed by atoms with Crippen LogP contribution in [0.3, 0.4) is 0 Å². The van der Waals surface area contributed by atoms with Crippen molar-refractivity contribution in [2.45, 2.75) is 12.7 Å². The van der Waals surface area contributed by atoms with Gasteiger partial charge in [-0.1, -0.05) is 53.5 Å². The highest BCUT2D eigenvalue weighted by Gasteiger charge is 2.38. The lowest BCUT2D eigenvalue weighted by Gasteiger charge is -2.17. The summed E-state index contributed by atoms with van der Waals surface area (Å²) in [5, 5.41) is 0.140. The number of benzene rings is 1. The fourth-order valence-electron chi connectivity index (χ4n) is 2.46. The summed E-state index contributed by atoms with van der Waals surface area (Å²) in [5.74, 6) is -0.355. The molecule has 2 heterocycles. The van der Waals surface area contributed by atoms with Crippen LogP contribution in [0.2, 0.25) is 10.0 Å². The minimum absolute atomic E-state index is 0.0471. The number of pyridine rings is 1. The Morgan fingerprint density at radius 3 is 2.41 bits per heavy atom. The Hall–Kier alpha value is -2.58. The fourth-order valence-corrected chi connectivity index (χ4v) is 2.92. The van der Waals surface area contributed by atoms with Crippen LogP contribution < -0.4 is 11.3 Å². The van der Waals surface area contributed by atoms with Gasteiger partial charge >= 0.3 is 6.18 Å². The molecule has 0 spiro atoms. The SMILES string of the molecule is Nc1c(C(F)(F)F)nc(-c2ncc(Cl)cc2Cl)n(Cc2ccccc2)c1=O. The van der Waals surface area contributed by atoms with Crippen molar-refractivity contribution in [2.24, 2.45) is 0 Å². The number of rotatable bonds is 3. The van der Waals surface area contributed by atoms with E-state index in [0.29, 0.717) is 5.56 Å². The number of halogens is 5. The van der Waals surface area contributed by atoms with E-state index in [0.717, 1.165) is 4.57 Å². The molecule has 2 aromatic heterocycles. The lowest BCUT2D eigenvalue weighted by atomic mass is 10.2. The molecule has 0 aliphatic heterocycles. The van der Waals surface area contributed by atoms with E-state index in [2.05, 4.69) is 9.97 Å². The number of hydrogen-bond donors (Lipinski definition) is 1. The Labute approximate surface area is 161 Å². The number of nitrogens with two attached hydrogens (primary N) is 1. The number of aromatic nitrogens is 3. The maximum Gasteiger partial charge on any atom is 0.435 e. The highest BCUT2D eigenvalue weighted by Crippen LogP contribution is 2.33. The monoisotopic (exact) mass is 414 g/mol. The standard InChI is InChI=1S/C17H11Cl2F3N4O/c18-10-6-11(19)13(24-7-10)15-25-14(17(20,21)22)12(23)16(27)26(15)8-9-4-2-1-3-5-9/h1-7H,8,23H2. The zero-order chi connectivity index (χ0) is 19.8. The Kier molecular flexibility index (Phi) is 5.12. The normalized spacial score (nSPS) is 11.6. The van der Waals surface area contributed by atoms with Gasteiger partial charge in [-0.25, -0.2) is 9.97 Å². The van der Waals surface area contributed by atoms with Gasteiger partial charge in [0.05, 0.1) is 16.6 Å². The van der Waals surface area contributed by atoms with Crippen molar-refractivity contribution >= 4 is 28.9 Å². The van der Waals surface area contributed by atoms with Crippen molar-refractivity contribution < 1.29 is 13.2 Å². The summed E-state index contributed by atoms with van der Waals surface area (Å²) >= 11 is 11.9. The van der Waals surface area contributed by atoms with Gasteiger partial charge in [0.2, 0.25) is 0 Å². The zero-order valence-corrected chi connectivity index (χ0v) is 15.0. The summed E-state index contributed by atoms with van der Waals surface area (Å²) in [5.41, 5.74) is 2.47. The van der Waals surface area contributed by atoms with E-state index in [4.69, 9.17) is 28.9 Å². The lowest BCUT2D eigenvalue weighted by Crippen LogP contribution is -2.30. The predicted molar refractivity (Wildman–Crippen MR) is 96.7 cm³/mol. The summed E-state index contributed by atoms with van der Waals surface area (Å²) in [6.45, 7) is -0.0645. The summed E-state index contributed by atoms with van der Waals surface area (Å²) in [6.07, 6.45) is -3.71. The van der Waals surface area contributed by atoms with E-state index < -0.39 is 23.1 Å². The molecule has 0 saturated heterocycles. The molecule has 0 radical (unpaired) electrons. The van der Waals surface area contributed by atoms with Crippen LogP contribution in [0.5, 0.6) is 0 Å². The Morgan fingerprint density at radius 2 is 1.81 bits per heavy atom. The average molecular weight is 415 g/mol. The van der Waals surface area contributed by atoms with Crippen LogP contribution in [0.15, 0.2) is 47.4 Å². The summed E-state index contributed by atoms with van der Waals surface area (Å²) < 4.78 is 40.8. The molecular formula is C17H11Cl2F3N4O.